The van der Waals surface area contributed by atoms with E-state index in [1.807, 2.05) is 20.8 Å². The largest absolute Gasteiger partial charge is 0.477 e. The number of aromatic amines is 2. The zero-order chi connectivity index (χ0) is 23.6. The summed E-state index contributed by atoms with van der Waals surface area (Å²) in [6.45, 7) is 6.98. The third-order valence-corrected chi connectivity index (χ3v) is 7.43. The van der Waals surface area contributed by atoms with Crippen molar-refractivity contribution in [2.45, 2.75) is 77.7 Å². The molecule has 0 unspecified atom stereocenters. The molecule has 3 aromatic rings. The summed E-state index contributed by atoms with van der Waals surface area (Å²) in [6.07, 6.45) is 8.38. The second kappa shape index (κ2) is 9.33. The molecule has 0 spiro atoms. The number of aromatic nitrogens is 5. The molecule has 3 aliphatic rings. The fourth-order valence-electron chi connectivity index (χ4n) is 5.20. The maximum Gasteiger partial charge on any atom is 0.330 e. The molecule has 0 aliphatic heterocycles. The lowest BCUT2D eigenvalue weighted by molar-refractivity contribution is -0.00257. The van der Waals surface area contributed by atoms with Gasteiger partial charge >= 0.3 is 5.69 Å². The highest BCUT2D eigenvalue weighted by Gasteiger charge is 2.51. The van der Waals surface area contributed by atoms with Crippen LogP contribution in [0.4, 0.5) is 0 Å². The van der Waals surface area contributed by atoms with Gasteiger partial charge in [-0.3, -0.25) is 14.3 Å². The summed E-state index contributed by atoms with van der Waals surface area (Å²) in [5, 5.41) is 0.597. The van der Waals surface area contributed by atoms with Crippen LogP contribution >= 0.6 is 11.6 Å². The Morgan fingerprint density at radius 1 is 1.09 bits per heavy atom. The van der Waals surface area contributed by atoms with E-state index < -0.39 is 5.69 Å². The van der Waals surface area contributed by atoms with Crippen molar-refractivity contribution in [2.24, 2.45) is 5.41 Å². The van der Waals surface area contributed by atoms with Gasteiger partial charge in [-0.1, -0.05) is 32.4 Å². The molecule has 3 aliphatic carbocycles. The lowest BCUT2D eigenvalue weighted by Crippen LogP contribution is -2.47. The predicted molar refractivity (Wildman–Crippen MR) is 129 cm³/mol. The number of hydrogen-bond acceptors (Lipinski definition) is 5. The summed E-state index contributed by atoms with van der Waals surface area (Å²) in [5.41, 5.74) is 0.160. The van der Waals surface area contributed by atoms with Crippen LogP contribution in [0.5, 0.6) is 5.88 Å². The normalized spacial score (nSPS) is 23.9. The third-order valence-electron chi connectivity index (χ3n) is 7.21. The lowest BCUT2D eigenvalue weighted by atomic mass is 9.53. The number of hydrogen-bond donors (Lipinski definition) is 2. The number of imidazole rings is 1. The van der Waals surface area contributed by atoms with Crippen molar-refractivity contribution in [3.05, 3.63) is 50.0 Å². The van der Waals surface area contributed by atoms with E-state index in [0.29, 0.717) is 35.2 Å². The van der Waals surface area contributed by atoms with E-state index in [9.17, 15) is 9.59 Å². The van der Waals surface area contributed by atoms with Crippen LogP contribution < -0.4 is 16.0 Å². The Morgan fingerprint density at radius 3 is 2.39 bits per heavy atom. The van der Waals surface area contributed by atoms with Gasteiger partial charge < -0.3 is 9.72 Å². The Labute approximate surface area is 197 Å². The molecule has 0 atom stereocenters. The van der Waals surface area contributed by atoms with Crippen molar-refractivity contribution in [2.75, 3.05) is 6.61 Å². The molecule has 2 bridgehead atoms. The van der Waals surface area contributed by atoms with Crippen LogP contribution in [0.15, 0.2) is 27.9 Å². The highest BCUT2D eigenvalue weighted by atomic mass is 35.5. The first-order valence-corrected chi connectivity index (χ1v) is 12.3. The minimum Gasteiger partial charge on any atom is -0.477 e. The molecule has 178 valence electrons. The van der Waals surface area contributed by atoms with Crippen LogP contribution in [-0.2, 0) is 12.0 Å². The van der Waals surface area contributed by atoms with Gasteiger partial charge in [-0.05, 0) is 51.0 Å². The second-order valence-electron chi connectivity index (χ2n) is 9.08. The molecule has 2 N–H and O–H groups in total. The van der Waals surface area contributed by atoms with Crippen LogP contribution in [0, 0.1) is 5.41 Å². The van der Waals surface area contributed by atoms with Crippen LogP contribution in [0.3, 0.4) is 0 Å². The van der Waals surface area contributed by atoms with Gasteiger partial charge in [-0.2, -0.15) is 0 Å². The molecule has 9 heteroatoms. The third kappa shape index (κ3) is 4.33. The number of nitrogens with zero attached hydrogens (tertiary/aromatic N) is 3. The van der Waals surface area contributed by atoms with Crippen LogP contribution in [0.2, 0.25) is 5.02 Å². The van der Waals surface area contributed by atoms with Crippen molar-refractivity contribution < 1.29 is 4.74 Å². The minimum atomic E-state index is -0.394. The van der Waals surface area contributed by atoms with Crippen molar-refractivity contribution >= 4 is 22.8 Å². The number of H-pyrrole nitrogens is 2. The maximum absolute atomic E-state index is 12.8. The van der Waals surface area contributed by atoms with Crippen LogP contribution in [0.1, 0.15) is 71.5 Å². The Bertz CT molecular complexity index is 1200. The van der Waals surface area contributed by atoms with Gasteiger partial charge in [0.25, 0.3) is 5.56 Å². The predicted octanol–water partition coefficient (Wildman–Crippen LogP) is 4.57. The highest BCUT2D eigenvalue weighted by Crippen LogP contribution is 2.57. The van der Waals surface area contributed by atoms with E-state index in [1.54, 1.807) is 18.3 Å². The summed E-state index contributed by atoms with van der Waals surface area (Å²) in [5.74, 6) is 1.43. The molecular formula is C24H32ClN5O3. The van der Waals surface area contributed by atoms with Gasteiger partial charge in [-0.25, -0.2) is 14.8 Å². The molecule has 0 aromatic carbocycles. The lowest BCUT2D eigenvalue weighted by Gasteiger charge is -2.52. The highest BCUT2D eigenvalue weighted by molar-refractivity contribution is 6.30. The zero-order valence-electron chi connectivity index (χ0n) is 19.5. The van der Waals surface area contributed by atoms with Crippen LogP contribution in [0.25, 0.3) is 11.2 Å². The average molecular weight is 474 g/mol. The molecule has 3 saturated carbocycles. The Balaban J connectivity index is 0.00000126. The second-order valence-corrected chi connectivity index (χ2v) is 9.52. The fourth-order valence-corrected chi connectivity index (χ4v) is 5.31. The first kappa shape index (κ1) is 23.5. The molecule has 33 heavy (non-hydrogen) atoms. The van der Waals surface area contributed by atoms with E-state index in [1.165, 1.54) is 4.57 Å². The number of nitrogens with one attached hydrogen (secondary N) is 2. The van der Waals surface area contributed by atoms with Crippen LogP contribution in [-0.4, -0.2) is 31.1 Å². The summed E-state index contributed by atoms with van der Waals surface area (Å²) in [4.78, 5) is 40.0. The molecule has 3 fully saturated rings. The van der Waals surface area contributed by atoms with Gasteiger partial charge in [0.2, 0.25) is 5.88 Å². The number of ether oxygens (including phenoxy) is 1. The monoisotopic (exact) mass is 473 g/mol. The topological polar surface area (TPSA) is 106 Å². The Kier molecular flexibility index (Phi) is 6.66. The van der Waals surface area contributed by atoms with Gasteiger partial charge in [0.1, 0.15) is 11.3 Å². The van der Waals surface area contributed by atoms with Gasteiger partial charge in [0, 0.05) is 29.6 Å². The smallest absolute Gasteiger partial charge is 0.330 e. The average Bonchev–Trinajstić information content (AvgIpc) is 3.29. The molecule has 8 nitrogen and oxygen atoms in total. The summed E-state index contributed by atoms with van der Waals surface area (Å²) in [6, 6.07) is 3.59. The Morgan fingerprint density at radius 2 is 1.79 bits per heavy atom. The first-order chi connectivity index (χ1) is 15.9. The zero-order valence-corrected chi connectivity index (χ0v) is 20.3. The summed E-state index contributed by atoms with van der Waals surface area (Å²) in [7, 11) is 0. The number of fused-ring (bicyclic) bond motifs is 4. The number of rotatable bonds is 6. The van der Waals surface area contributed by atoms with E-state index in [0.717, 1.165) is 50.8 Å². The molecule has 3 heterocycles. The van der Waals surface area contributed by atoms with E-state index >= 15 is 0 Å². The van der Waals surface area contributed by atoms with E-state index in [-0.39, 0.29) is 16.4 Å². The maximum atomic E-state index is 12.8. The van der Waals surface area contributed by atoms with Crippen molar-refractivity contribution in [3.8, 4) is 5.88 Å². The van der Waals surface area contributed by atoms with Gasteiger partial charge in [0.15, 0.2) is 5.65 Å². The van der Waals surface area contributed by atoms with Crippen molar-refractivity contribution in [1.82, 2.24) is 24.5 Å². The molecular weight excluding hydrogens is 442 g/mol. The van der Waals surface area contributed by atoms with Crippen molar-refractivity contribution in [1.29, 1.82) is 0 Å². The number of halogens is 1. The number of pyridine rings is 1. The molecule has 3 aromatic heterocycles. The summed E-state index contributed by atoms with van der Waals surface area (Å²) >= 11 is 5.90. The van der Waals surface area contributed by atoms with Crippen molar-refractivity contribution in [3.63, 3.8) is 0 Å². The molecule has 0 radical (unpaired) electrons. The van der Waals surface area contributed by atoms with E-state index in [2.05, 4.69) is 19.9 Å². The minimum absolute atomic E-state index is 0.0712. The standard InChI is InChI=1S/C22H26ClN5O3.C2H6/c1-2-11-28-18(29)16-17(27-20(28)30)26-19(25-16)22-8-5-21(6-9-22,7-10-22)13-31-15-4-3-14(23)12-24-15;1-2/h3-4,12H,2,5-11,13H2,1H3,(H,25,26)(H,27,30);1-2H3. The Hall–Kier alpha value is -2.61. The first-order valence-electron chi connectivity index (χ1n) is 11.9. The van der Waals surface area contributed by atoms with Gasteiger partial charge in [-0.15, -0.1) is 0 Å². The summed E-state index contributed by atoms with van der Waals surface area (Å²) < 4.78 is 7.24. The van der Waals surface area contributed by atoms with Gasteiger partial charge in [0.05, 0.1) is 11.6 Å². The fraction of sp³-hybridized carbons (Fsp3) is 0.583. The SMILES string of the molecule is CC.CCCn1c(=O)[nH]c2nc(C34CCC(COc5ccc(Cl)cn5)(CC3)CC4)[nH]c2c1=O. The molecule has 6 rings (SSSR count). The quantitative estimate of drug-likeness (QED) is 0.545. The molecule has 0 saturated heterocycles. The molecule has 0 amide bonds. The van der Waals surface area contributed by atoms with E-state index in [4.69, 9.17) is 16.3 Å².